The van der Waals surface area contributed by atoms with E-state index in [4.69, 9.17) is 16.3 Å². The number of rotatable bonds is 8. The third-order valence-electron chi connectivity index (χ3n) is 4.12. The normalized spacial score (nSPS) is 10.6. The van der Waals surface area contributed by atoms with Crippen LogP contribution in [0.4, 0.5) is 11.4 Å². The fourth-order valence-corrected chi connectivity index (χ4v) is 3.74. The van der Waals surface area contributed by atoms with Crippen molar-refractivity contribution in [2.24, 2.45) is 0 Å². The van der Waals surface area contributed by atoms with Crippen LogP contribution in [-0.4, -0.2) is 38.5 Å². The first kappa shape index (κ1) is 21.6. The van der Waals surface area contributed by atoms with Crippen LogP contribution in [0.15, 0.2) is 47.6 Å². The van der Waals surface area contributed by atoms with Gasteiger partial charge in [-0.2, -0.15) is 0 Å². The second-order valence-corrected chi connectivity index (χ2v) is 7.42. The molecule has 156 valence electrons. The van der Waals surface area contributed by atoms with E-state index >= 15 is 0 Å². The topological polar surface area (TPSA) is 112 Å². The first-order chi connectivity index (χ1) is 14.4. The lowest BCUT2D eigenvalue weighted by atomic mass is 10.2. The van der Waals surface area contributed by atoms with Gasteiger partial charge in [0.2, 0.25) is 5.91 Å². The number of aromatic nitrogens is 3. The number of halogens is 1. The van der Waals surface area contributed by atoms with Gasteiger partial charge in [-0.05, 0) is 25.1 Å². The molecule has 0 radical (unpaired) electrons. The molecule has 0 aliphatic rings. The van der Waals surface area contributed by atoms with E-state index in [1.54, 1.807) is 12.1 Å². The molecule has 2 aromatic carbocycles. The van der Waals surface area contributed by atoms with Crippen molar-refractivity contribution >= 4 is 40.6 Å². The molecule has 1 aromatic heterocycles. The number of non-ortho nitro benzene ring substituents is 1. The summed E-state index contributed by atoms with van der Waals surface area (Å²) in [5, 5.41) is 23.2. The van der Waals surface area contributed by atoms with Crippen LogP contribution in [0, 0.1) is 10.1 Å². The second kappa shape index (κ2) is 9.59. The SMILES string of the molecule is CCn1c(SCC(=O)Nc2cc([N+](=O)[O-])ccc2OC)nnc1-c1cccc(Cl)c1. The Bertz CT molecular complexity index is 1090. The van der Waals surface area contributed by atoms with Gasteiger partial charge in [-0.1, -0.05) is 35.5 Å². The van der Waals surface area contributed by atoms with E-state index in [-0.39, 0.29) is 23.0 Å². The summed E-state index contributed by atoms with van der Waals surface area (Å²) in [4.78, 5) is 22.9. The number of nitro groups is 1. The van der Waals surface area contributed by atoms with Crippen molar-refractivity contribution in [1.82, 2.24) is 14.8 Å². The monoisotopic (exact) mass is 447 g/mol. The maximum atomic E-state index is 12.4. The van der Waals surface area contributed by atoms with Gasteiger partial charge in [0.25, 0.3) is 5.69 Å². The highest BCUT2D eigenvalue weighted by Crippen LogP contribution is 2.30. The number of thioether (sulfide) groups is 1. The highest BCUT2D eigenvalue weighted by Gasteiger charge is 2.17. The lowest BCUT2D eigenvalue weighted by Crippen LogP contribution is -2.15. The molecule has 1 heterocycles. The number of ether oxygens (including phenoxy) is 1. The average molecular weight is 448 g/mol. The van der Waals surface area contributed by atoms with E-state index in [9.17, 15) is 14.9 Å². The highest BCUT2D eigenvalue weighted by atomic mass is 35.5. The van der Waals surface area contributed by atoms with Crippen LogP contribution in [0.3, 0.4) is 0 Å². The minimum Gasteiger partial charge on any atom is -0.495 e. The third kappa shape index (κ3) is 4.89. The largest absolute Gasteiger partial charge is 0.495 e. The summed E-state index contributed by atoms with van der Waals surface area (Å²) in [5.74, 6) is 0.676. The van der Waals surface area contributed by atoms with E-state index in [1.807, 2.05) is 23.6 Å². The Labute approximate surface area is 181 Å². The van der Waals surface area contributed by atoms with Crippen LogP contribution < -0.4 is 10.1 Å². The number of hydrogen-bond donors (Lipinski definition) is 1. The molecular formula is C19H18ClN5O4S. The molecule has 0 aliphatic heterocycles. The number of hydrogen-bond acceptors (Lipinski definition) is 7. The maximum absolute atomic E-state index is 12.4. The molecule has 0 aliphatic carbocycles. The zero-order valence-electron chi connectivity index (χ0n) is 16.2. The number of methoxy groups -OCH3 is 1. The smallest absolute Gasteiger partial charge is 0.271 e. The second-order valence-electron chi connectivity index (χ2n) is 6.04. The lowest BCUT2D eigenvalue weighted by Gasteiger charge is -2.10. The van der Waals surface area contributed by atoms with Gasteiger partial charge in [0.15, 0.2) is 11.0 Å². The predicted molar refractivity (Wildman–Crippen MR) is 115 cm³/mol. The number of benzene rings is 2. The number of nitrogens with zero attached hydrogens (tertiary/aromatic N) is 4. The Morgan fingerprint density at radius 2 is 2.10 bits per heavy atom. The van der Waals surface area contributed by atoms with Crippen LogP contribution in [0.5, 0.6) is 5.75 Å². The van der Waals surface area contributed by atoms with Crippen LogP contribution in [0.2, 0.25) is 5.02 Å². The Balaban J connectivity index is 1.73. The van der Waals surface area contributed by atoms with Crippen molar-refractivity contribution < 1.29 is 14.5 Å². The van der Waals surface area contributed by atoms with Crippen molar-refractivity contribution in [2.75, 3.05) is 18.2 Å². The minimum atomic E-state index is -0.537. The van der Waals surface area contributed by atoms with Crippen molar-refractivity contribution in [1.29, 1.82) is 0 Å². The average Bonchev–Trinajstić information content (AvgIpc) is 3.15. The summed E-state index contributed by atoms with van der Waals surface area (Å²) >= 11 is 7.28. The summed E-state index contributed by atoms with van der Waals surface area (Å²) in [5.41, 5.74) is 0.916. The van der Waals surface area contributed by atoms with Gasteiger partial charge >= 0.3 is 0 Å². The number of nitrogens with one attached hydrogen (secondary N) is 1. The van der Waals surface area contributed by atoms with Crippen LogP contribution in [-0.2, 0) is 11.3 Å². The van der Waals surface area contributed by atoms with Gasteiger partial charge in [0.1, 0.15) is 5.75 Å². The number of nitro benzene ring substituents is 1. The first-order valence-electron chi connectivity index (χ1n) is 8.87. The Hall–Kier alpha value is -3.11. The Kier molecular flexibility index (Phi) is 6.91. The van der Waals surface area contributed by atoms with Gasteiger partial charge in [-0.3, -0.25) is 14.9 Å². The predicted octanol–water partition coefficient (Wildman–Crippen LogP) is 4.27. The summed E-state index contributed by atoms with van der Waals surface area (Å²) < 4.78 is 7.05. The summed E-state index contributed by atoms with van der Waals surface area (Å²) in [6.45, 7) is 2.56. The number of carbonyl (C=O) groups is 1. The van der Waals surface area contributed by atoms with E-state index < -0.39 is 4.92 Å². The molecule has 0 fully saturated rings. The van der Waals surface area contributed by atoms with Gasteiger partial charge in [0, 0.05) is 29.3 Å². The molecule has 0 saturated carbocycles. The van der Waals surface area contributed by atoms with Gasteiger partial charge in [-0.25, -0.2) is 0 Å². The quantitative estimate of drug-likeness (QED) is 0.311. The van der Waals surface area contributed by atoms with Crippen molar-refractivity contribution in [3.8, 4) is 17.1 Å². The molecule has 9 nitrogen and oxygen atoms in total. The molecule has 3 aromatic rings. The fourth-order valence-electron chi connectivity index (χ4n) is 2.75. The molecule has 11 heteroatoms. The molecule has 1 N–H and O–H groups in total. The minimum absolute atomic E-state index is 0.0412. The van der Waals surface area contributed by atoms with Gasteiger partial charge in [-0.15, -0.1) is 10.2 Å². The number of carbonyl (C=O) groups excluding carboxylic acids is 1. The molecule has 0 atom stereocenters. The van der Waals surface area contributed by atoms with Crippen molar-refractivity contribution in [3.05, 3.63) is 57.6 Å². The lowest BCUT2D eigenvalue weighted by molar-refractivity contribution is -0.384. The summed E-state index contributed by atoms with van der Waals surface area (Å²) in [7, 11) is 1.42. The van der Waals surface area contributed by atoms with Crippen LogP contribution in [0.25, 0.3) is 11.4 Å². The van der Waals surface area contributed by atoms with Crippen molar-refractivity contribution in [3.63, 3.8) is 0 Å². The van der Waals surface area contributed by atoms with Crippen molar-refractivity contribution in [2.45, 2.75) is 18.6 Å². The molecule has 1 amide bonds. The van der Waals surface area contributed by atoms with Crippen LogP contribution >= 0.6 is 23.4 Å². The molecule has 0 saturated heterocycles. The van der Waals surface area contributed by atoms with E-state index in [2.05, 4.69) is 15.5 Å². The maximum Gasteiger partial charge on any atom is 0.271 e. The fraction of sp³-hybridized carbons (Fsp3) is 0.211. The third-order valence-corrected chi connectivity index (χ3v) is 5.32. The number of amides is 1. The van der Waals surface area contributed by atoms with E-state index in [0.717, 1.165) is 5.56 Å². The van der Waals surface area contributed by atoms with E-state index in [1.165, 1.54) is 37.1 Å². The van der Waals surface area contributed by atoms with Gasteiger partial charge < -0.3 is 14.6 Å². The van der Waals surface area contributed by atoms with E-state index in [0.29, 0.717) is 28.3 Å². The molecular weight excluding hydrogens is 430 g/mol. The summed E-state index contributed by atoms with van der Waals surface area (Å²) in [6.07, 6.45) is 0. The Morgan fingerprint density at radius 3 is 2.77 bits per heavy atom. The zero-order valence-corrected chi connectivity index (χ0v) is 17.7. The molecule has 0 spiro atoms. The highest BCUT2D eigenvalue weighted by molar-refractivity contribution is 7.99. The molecule has 3 rings (SSSR count). The van der Waals surface area contributed by atoms with Crippen LogP contribution in [0.1, 0.15) is 6.92 Å². The zero-order chi connectivity index (χ0) is 21.7. The molecule has 30 heavy (non-hydrogen) atoms. The molecule has 0 bridgehead atoms. The first-order valence-corrected chi connectivity index (χ1v) is 10.2. The molecule has 0 unspecified atom stereocenters. The summed E-state index contributed by atoms with van der Waals surface area (Å²) in [6, 6.07) is 11.3. The standard InChI is InChI=1S/C19H18ClN5O4S/c1-3-24-18(12-5-4-6-13(20)9-12)22-23-19(24)30-11-17(26)21-15-10-14(25(27)28)7-8-16(15)29-2/h4-10H,3,11H2,1-2H3,(H,21,26). The Morgan fingerprint density at radius 1 is 1.30 bits per heavy atom. The number of anilines is 1. The van der Waals surface area contributed by atoms with Gasteiger partial charge in [0.05, 0.1) is 23.5 Å².